The zero-order chi connectivity index (χ0) is 20.1. The van der Waals surface area contributed by atoms with Gasteiger partial charge in [-0.25, -0.2) is 4.79 Å². The topological polar surface area (TPSA) is 55.8 Å². The van der Waals surface area contributed by atoms with Crippen molar-refractivity contribution in [2.75, 3.05) is 6.54 Å². The zero-order valence-corrected chi connectivity index (χ0v) is 17.4. The van der Waals surface area contributed by atoms with Crippen molar-refractivity contribution in [1.82, 2.24) is 4.90 Å². The van der Waals surface area contributed by atoms with Crippen molar-refractivity contribution in [3.8, 4) is 0 Å². The van der Waals surface area contributed by atoms with Gasteiger partial charge in [0.25, 0.3) is 0 Å². The molecule has 2 aliphatic rings. The lowest BCUT2D eigenvalue weighted by Gasteiger charge is -2.45. The van der Waals surface area contributed by atoms with Crippen LogP contribution in [-0.2, 0) is 20.9 Å². The largest absolute Gasteiger partial charge is 0.460 e. The predicted octanol–water partition coefficient (Wildman–Crippen LogP) is 4.94. The molecular weight excluding hydrogens is 354 g/mol. The summed E-state index contributed by atoms with van der Waals surface area (Å²) in [5.74, 6) is 0.875. The average Bonchev–Trinajstić information content (AvgIpc) is 2.65. The van der Waals surface area contributed by atoms with Gasteiger partial charge in [0.1, 0.15) is 12.2 Å². The number of esters is 1. The summed E-state index contributed by atoms with van der Waals surface area (Å²) in [5.41, 5.74) is 0.449. The van der Waals surface area contributed by atoms with Crippen LogP contribution in [-0.4, -0.2) is 35.2 Å². The Labute approximate surface area is 168 Å². The molecule has 0 spiro atoms. The van der Waals surface area contributed by atoms with E-state index < -0.39 is 5.60 Å². The van der Waals surface area contributed by atoms with Gasteiger partial charge in [-0.15, -0.1) is 0 Å². The third kappa shape index (κ3) is 5.73. The summed E-state index contributed by atoms with van der Waals surface area (Å²) in [7, 11) is 0. The number of nitrogens with zero attached hydrogens (tertiary/aromatic N) is 1. The minimum Gasteiger partial charge on any atom is -0.460 e. The average molecular weight is 388 g/mol. The molecule has 0 N–H and O–H groups in total. The van der Waals surface area contributed by atoms with Crippen molar-refractivity contribution >= 4 is 12.1 Å². The first kappa shape index (κ1) is 20.7. The fourth-order valence-electron chi connectivity index (χ4n) is 4.51. The Bertz CT molecular complexity index is 667. The van der Waals surface area contributed by atoms with Crippen LogP contribution in [0.15, 0.2) is 30.3 Å². The minimum absolute atomic E-state index is 0.141. The van der Waals surface area contributed by atoms with E-state index in [0.717, 1.165) is 18.4 Å². The minimum atomic E-state index is -0.516. The van der Waals surface area contributed by atoms with E-state index in [1.165, 1.54) is 19.3 Å². The summed E-state index contributed by atoms with van der Waals surface area (Å²) in [4.78, 5) is 27.1. The molecule has 3 rings (SSSR count). The monoisotopic (exact) mass is 387 g/mol. The lowest BCUT2D eigenvalue weighted by Crippen LogP contribution is -2.52. The molecule has 5 heteroatoms. The molecule has 5 nitrogen and oxygen atoms in total. The van der Waals surface area contributed by atoms with Crippen LogP contribution in [0.4, 0.5) is 4.79 Å². The highest BCUT2D eigenvalue weighted by Gasteiger charge is 2.40. The number of likely N-dealkylation sites (tertiary alicyclic amines) is 1. The highest BCUT2D eigenvalue weighted by atomic mass is 16.6. The maximum absolute atomic E-state index is 12.9. The number of hydrogen-bond donors (Lipinski definition) is 0. The Kier molecular flexibility index (Phi) is 6.63. The maximum Gasteiger partial charge on any atom is 0.410 e. The van der Waals surface area contributed by atoms with E-state index in [4.69, 9.17) is 9.47 Å². The fourth-order valence-corrected chi connectivity index (χ4v) is 4.51. The summed E-state index contributed by atoms with van der Waals surface area (Å²) >= 11 is 0. The second kappa shape index (κ2) is 8.97. The number of piperidine rings is 1. The third-order valence-electron chi connectivity index (χ3n) is 5.78. The molecular formula is C23H33NO4. The number of fused-ring (bicyclic) bond motifs is 1. The van der Waals surface area contributed by atoms with Gasteiger partial charge < -0.3 is 14.4 Å². The Morgan fingerprint density at radius 1 is 1.07 bits per heavy atom. The van der Waals surface area contributed by atoms with Crippen molar-refractivity contribution in [1.29, 1.82) is 0 Å². The summed E-state index contributed by atoms with van der Waals surface area (Å²) in [6.07, 6.45) is 5.62. The van der Waals surface area contributed by atoms with E-state index >= 15 is 0 Å². The van der Waals surface area contributed by atoms with Gasteiger partial charge >= 0.3 is 12.1 Å². The molecule has 1 aliphatic carbocycles. The van der Waals surface area contributed by atoms with E-state index in [2.05, 4.69) is 0 Å². The van der Waals surface area contributed by atoms with Crippen molar-refractivity contribution in [3.05, 3.63) is 35.9 Å². The predicted molar refractivity (Wildman–Crippen MR) is 108 cm³/mol. The SMILES string of the molecule is CC(C)(C)OC(=O)C[C@@H]1C[C@H]2CCCC[C@@H]2CN1C(=O)OCc1ccccc1. The first-order valence-electron chi connectivity index (χ1n) is 10.5. The highest BCUT2D eigenvalue weighted by Crippen LogP contribution is 2.39. The normalized spacial score (nSPS) is 25.0. The fraction of sp³-hybridized carbons (Fsp3) is 0.652. The molecule has 28 heavy (non-hydrogen) atoms. The number of ether oxygens (including phenoxy) is 2. The van der Waals surface area contributed by atoms with E-state index in [0.29, 0.717) is 18.4 Å². The van der Waals surface area contributed by atoms with Gasteiger partial charge in [-0.2, -0.15) is 0 Å². The standard InChI is InChI=1S/C23H33NO4/c1-23(2,3)28-21(25)14-20-13-18-11-7-8-12-19(18)15-24(20)22(26)27-16-17-9-5-4-6-10-17/h4-6,9-10,18-20H,7-8,11-16H2,1-3H3/t18-,19-,20+/m1/s1. The summed E-state index contributed by atoms with van der Waals surface area (Å²) in [5, 5.41) is 0. The second-order valence-corrected chi connectivity index (χ2v) is 9.18. The molecule has 2 fully saturated rings. The Balaban J connectivity index is 1.66. The van der Waals surface area contributed by atoms with Gasteiger partial charge in [-0.3, -0.25) is 4.79 Å². The Morgan fingerprint density at radius 2 is 1.75 bits per heavy atom. The lowest BCUT2D eigenvalue weighted by molar-refractivity contribution is -0.156. The summed E-state index contributed by atoms with van der Waals surface area (Å²) in [6.45, 7) is 6.55. The molecule has 1 aliphatic heterocycles. The van der Waals surface area contributed by atoms with Gasteiger partial charge in [-0.1, -0.05) is 49.6 Å². The smallest absolute Gasteiger partial charge is 0.410 e. The summed E-state index contributed by atoms with van der Waals surface area (Å²) < 4.78 is 11.1. The number of amides is 1. The number of rotatable bonds is 4. The van der Waals surface area contributed by atoms with Crippen LogP contribution in [0.25, 0.3) is 0 Å². The van der Waals surface area contributed by atoms with E-state index in [1.54, 1.807) is 4.90 Å². The van der Waals surface area contributed by atoms with Crippen molar-refractivity contribution in [2.45, 2.75) is 77.5 Å². The number of hydrogen-bond acceptors (Lipinski definition) is 4. The third-order valence-corrected chi connectivity index (χ3v) is 5.78. The first-order chi connectivity index (χ1) is 13.3. The summed E-state index contributed by atoms with van der Waals surface area (Å²) in [6, 6.07) is 9.55. The number of carbonyl (C=O) groups is 2. The van der Waals surface area contributed by atoms with Crippen LogP contribution in [0.2, 0.25) is 0 Å². The zero-order valence-electron chi connectivity index (χ0n) is 17.4. The van der Waals surface area contributed by atoms with E-state index in [1.807, 2.05) is 51.1 Å². The molecule has 3 atom stereocenters. The molecule has 1 saturated heterocycles. The lowest BCUT2D eigenvalue weighted by atomic mass is 9.72. The van der Waals surface area contributed by atoms with Crippen LogP contribution in [0.3, 0.4) is 0 Å². The highest BCUT2D eigenvalue weighted by molar-refractivity contribution is 5.73. The molecule has 0 aromatic heterocycles. The van der Waals surface area contributed by atoms with Crippen molar-refractivity contribution in [3.63, 3.8) is 0 Å². The molecule has 1 saturated carbocycles. The Morgan fingerprint density at radius 3 is 2.43 bits per heavy atom. The van der Waals surface area contributed by atoms with Gasteiger partial charge in [0.2, 0.25) is 0 Å². The molecule has 1 aromatic rings. The van der Waals surface area contributed by atoms with Crippen molar-refractivity contribution < 1.29 is 19.1 Å². The van der Waals surface area contributed by atoms with Gasteiger partial charge in [0.15, 0.2) is 0 Å². The van der Waals surface area contributed by atoms with Crippen LogP contribution >= 0.6 is 0 Å². The van der Waals surface area contributed by atoms with Gasteiger partial charge in [-0.05, 0) is 51.0 Å². The Hall–Kier alpha value is -2.04. The molecule has 1 aromatic carbocycles. The van der Waals surface area contributed by atoms with E-state index in [-0.39, 0.29) is 31.1 Å². The molecule has 0 bridgehead atoms. The van der Waals surface area contributed by atoms with Crippen molar-refractivity contribution in [2.24, 2.45) is 11.8 Å². The molecule has 154 valence electrons. The number of carbonyl (C=O) groups excluding carboxylic acids is 2. The van der Waals surface area contributed by atoms with Crippen LogP contribution < -0.4 is 0 Å². The maximum atomic E-state index is 12.9. The van der Waals surface area contributed by atoms with Crippen LogP contribution in [0, 0.1) is 11.8 Å². The van der Waals surface area contributed by atoms with E-state index in [9.17, 15) is 9.59 Å². The first-order valence-corrected chi connectivity index (χ1v) is 10.5. The molecule has 0 unspecified atom stereocenters. The quantitative estimate of drug-likeness (QED) is 0.687. The molecule has 1 amide bonds. The molecule has 1 heterocycles. The van der Waals surface area contributed by atoms with Gasteiger partial charge in [0, 0.05) is 12.6 Å². The van der Waals surface area contributed by atoms with Crippen LogP contribution in [0.1, 0.15) is 64.9 Å². The molecule has 0 radical (unpaired) electrons. The van der Waals surface area contributed by atoms with Gasteiger partial charge in [0.05, 0.1) is 6.42 Å². The second-order valence-electron chi connectivity index (χ2n) is 9.18. The van der Waals surface area contributed by atoms with Crippen LogP contribution in [0.5, 0.6) is 0 Å². The number of benzene rings is 1.